The number of carbonyl (C=O) groups excluding carboxylic acids is 2. The van der Waals surface area contributed by atoms with Crippen molar-refractivity contribution in [3.8, 4) is 0 Å². The van der Waals surface area contributed by atoms with Crippen LogP contribution in [0.25, 0.3) is 0 Å². The summed E-state index contributed by atoms with van der Waals surface area (Å²) in [4.78, 5) is 66.3. The largest absolute Gasteiger partial charge is 0.433 e. The van der Waals surface area contributed by atoms with E-state index in [1.807, 2.05) is 9.80 Å². The van der Waals surface area contributed by atoms with E-state index < -0.39 is 33.5 Å². The maximum Gasteiger partial charge on any atom is 0.433 e. The number of nitro benzene ring substituents is 2. The van der Waals surface area contributed by atoms with Crippen molar-refractivity contribution in [1.29, 1.82) is 0 Å². The molecule has 2 aromatic carbocycles. The summed E-state index contributed by atoms with van der Waals surface area (Å²) in [5.41, 5.74) is -0.424. The van der Waals surface area contributed by atoms with Gasteiger partial charge < -0.3 is 38.9 Å². The Balaban J connectivity index is 0.000000196. The number of hydrogen-bond acceptors (Lipinski definition) is 14. The molecule has 4 aliphatic rings. The Morgan fingerprint density at radius 1 is 0.545 bits per heavy atom. The first kappa shape index (κ1) is 47.2. The lowest BCUT2D eigenvalue weighted by molar-refractivity contribution is -0.385. The molecule has 0 N–H and O–H groups in total. The molecule has 0 unspecified atom stereocenters. The number of morpholine rings is 2. The maximum atomic E-state index is 13.3. The van der Waals surface area contributed by atoms with Crippen molar-refractivity contribution in [2.45, 2.75) is 12.4 Å². The molecular weight excluding hydrogens is 887 g/mol. The van der Waals surface area contributed by atoms with Crippen molar-refractivity contribution in [1.82, 2.24) is 19.8 Å². The molecule has 0 spiro atoms. The molecule has 6 heterocycles. The molecule has 4 saturated heterocycles. The third kappa shape index (κ3) is 11.2. The quantitative estimate of drug-likeness (QED) is 0.121. The fourth-order valence-electron chi connectivity index (χ4n) is 7.92. The fourth-order valence-corrected chi connectivity index (χ4v) is 7.92. The summed E-state index contributed by atoms with van der Waals surface area (Å²) in [7, 11) is 0. The number of piperazine rings is 2. The van der Waals surface area contributed by atoms with Crippen LogP contribution in [0.3, 0.4) is 0 Å². The lowest BCUT2D eigenvalue weighted by Gasteiger charge is -2.36. The first-order chi connectivity index (χ1) is 31.5. The minimum absolute atomic E-state index is 0.179. The number of hydrogen-bond donors (Lipinski definition) is 0. The van der Waals surface area contributed by atoms with E-state index in [0.717, 1.165) is 24.4 Å². The van der Waals surface area contributed by atoms with E-state index >= 15 is 0 Å². The van der Waals surface area contributed by atoms with E-state index in [0.29, 0.717) is 90.2 Å². The Bertz CT molecular complexity index is 2230. The molecule has 4 aromatic rings. The fraction of sp³-hybridized carbons (Fsp3) is 0.429. The maximum absolute atomic E-state index is 13.3. The van der Waals surface area contributed by atoms with Crippen molar-refractivity contribution >= 4 is 46.2 Å². The van der Waals surface area contributed by atoms with Crippen LogP contribution in [0.5, 0.6) is 0 Å². The summed E-state index contributed by atoms with van der Waals surface area (Å²) in [5, 5.41) is 22.6. The van der Waals surface area contributed by atoms with E-state index in [1.54, 1.807) is 31.7 Å². The topological polar surface area (TPSA) is 184 Å². The van der Waals surface area contributed by atoms with Gasteiger partial charge in [0.15, 0.2) is 0 Å². The van der Waals surface area contributed by atoms with Crippen LogP contribution in [0, 0.1) is 20.2 Å². The SMILES string of the molecule is O=C(c1cc([N+](=O)[O-])ccc1N1CCOCC1)N1CCN(c2cc(C(F)(F)F)ccn2)CC1.O=C(c1cc([N+](=O)[O-])ccc1N1CCOCC1)N1CCN(c2cccc(C(F)(F)F)n2)CC1. The second-order valence-electron chi connectivity index (χ2n) is 15.5. The van der Waals surface area contributed by atoms with Crippen LogP contribution in [0.2, 0.25) is 0 Å². The molecule has 66 heavy (non-hydrogen) atoms. The lowest BCUT2D eigenvalue weighted by Crippen LogP contribution is -2.49. The van der Waals surface area contributed by atoms with Gasteiger partial charge in [-0.3, -0.25) is 29.8 Å². The first-order valence-electron chi connectivity index (χ1n) is 20.9. The van der Waals surface area contributed by atoms with E-state index in [2.05, 4.69) is 9.97 Å². The van der Waals surface area contributed by atoms with Gasteiger partial charge in [0.1, 0.15) is 17.3 Å². The van der Waals surface area contributed by atoms with Gasteiger partial charge in [-0.15, -0.1) is 0 Å². The van der Waals surface area contributed by atoms with Gasteiger partial charge >= 0.3 is 12.4 Å². The normalized spacial score (nSPS) is 17.2. The summed E-state index contributed by atoms with van der Waals surface area (Å²) in [6.07, 6.45) is -7.88. The van der Waals surface area contributed by atoms with E-state index in [-0.39, 0.29) is 72.1 Å². The van der Waals surface area contributed by atoms with Crippen LogP contribution < -0.4 is 19.6 Å². The van der Waals surface area contributed by atoms with Gasteiger partial charge in [0.05, 0.1) is 64.3 Å². The van der Waals surface area contributed by atoms with Gasteiger partial charge in [-0.25, -0.2) is 9.97 Å². The number of alkyl halides is 6. The first-order valence-corrected chi connectivity index (χ1v) is 20.9. The zero-order valence-electron chi connectivity index (χ0n) is 35.2. The third-order valence-electron chi connectivity index (χ3n) is 11.4. The number of rotatable bonds is 8. The number of amides is 2. The Morgan fingerprint density at radius 2 is 1.00 bits per heavy atom. The van der Waals surface area contributed by atoms with Crippen molar-refractivity contribution in [2.24, 2.45) is 0 Å². The number of ether oxygens (including phenoxy) is 2. The van der Waals surface area contributed by atoms with Crippen LogP contribution in [-0.2, 0) is 21.8 Å². The zero-order valence-corrected chi connectivity index (χ0v) is 35.2. The highest BCUT2D eigenvalue weighted by atomic mass is 19.4. The van der Waals surface area contributed by atoms with Crippen molar-refractivity contribution < 1.29 is 55.3 Å². The second kappa shape index (κ2) is 20.1. The molecule has 24 heteroatoms. The predicted octanol–water partition coefficient (Wildman–Crippen LogP) is 5.62. The van der Waals surface area contributed by atoms with E-state index in [9.17, 15) is 56.2 Å². The van der Waals surface area contributed by atoms with E-state index in [1.165, 1.54) is 36.4 Å². The molecule has 0 saturated carbocycles. The summed E-state index contributed by atoms with van der Waals surface area (Å²) in [5.74, 6) is -0.309. The van der Waals surface area contributed by atoms with Gasteiger partial charge in [0.2, 0.25) is 0 Å². The minimum atomic E-state index is -4.54. The number of nitro groups is 2. The molecule has 4 aliphatic heterocycles. The number of carbonyl (C=O) groups is 2. The van der Waals surface area contributed by atoms with Crippen LogP contribution in [0.15, 0.2) is 72.9 Å². The standard InChI is InChI=1S/2C21H22F3N5O4/c22-21(23,24)15-3-4-25-19(13-15)27-5-7-28(8-6-27)20(30)17-14-16(29(31)32)1-2-18(17)26-9-11-33-12-10-26;22-21(23,24)18-2-1-3-19(25-18)27-6-8-28(9-7-27)20(30)16-14-15(29(31)32)4-5-17(16)26-10-12-33-13-11-26/h1-4,13-14H,5-12H2;1-5,14H,6-13H2. The van der Waals surface area contributed by atoms with Crippen LogP contribution in [-0.4, -0.2) is 146 Å². The molecule has 18 nitrogen and oxygen atoms in total. The van der Waals surface area contributed by atoms with Crippen LogP contribution in [0.1, 0.15) is 32.0 Å². The zero-order chi connectivity index (χ0) is 47.2. The highest BCUT2D eigenvalue weighted by Crippen LogP contribution is 2.33. The monoisotopic (exact) mass is 930 g/mol. The Hall–Kier alpha value is -6.82. The lowest BCUT2D eigenvalue weighted by atomic mass is 10.1. The van der Waals surface area contributed by atoms with Crippen LogP contribution in [0.4, 0.5) is 60.7 Å². The Labute approximate surface area is 373 Å². The molecule has 8 rings (SSSR count). The molecule has 0 atom stereocenters. The molecule has 352 valence electrons. The number of halogens is 6. The predicted molar refractivity (Wildman–Crippen MR) is 227 cm³/mol. The molecule has 0 aliphatic carbocycles. The van der Waals surface area contributed by atoms with Gasteiger partial charge in [-0.05, 0) is 36.4 Å². The van der Waals surface area contributed by atoms with Crippen LogP contribution >= 0.6 is 0 Å². The summed E-state index contributed by atoms with van der Waals surface area (Å²) >= 11 is 0. The number of non-ortho nitro benzene ring substituents is 2. The molecule has 0 bridgehead atoms. The van der Waals surface area contributed by atoms with Gasteiger partial charge in [-0.2, -0.15) is 26.3 Å². The Kier molecular flexibility index (Phi) is 14.4. The summed E-state index contributed by atoms with van der Waals surface area (Å²) in [6.45, 7) is 6.41. The average Bonchev–Trinajstić information content (AvgIpc) is 3.33. The van der Waals surface area contributed by atoms with Gasteiger partial charge in [0.25, 0.3) is 23.2 Å². The second-order valence-corrected chi connectivity index (χ2v) is 15.5. The number of anilines is 4. The highest BCUT2D eigenvalue weighted by molar-refractivity contribution is 6.01. The van der Waals surface area contributed by atoms with Gasteiger partial charge in [-0.1, -0.05) is 6.07 Å². The molecule has 2 aromatic heterocycles. The molecular formula is C42H44F6N10O8. The van der Waals surface area contributed by atoms with Crippen molar-refractivity contribution in [3.63, 3.8) is 0 Å². The number of benzene rings is 2. The minimum Gasteiger partial charge on any atom is -0.378 e. The highest BCUT2D eigenvalue weighted by Gasteiger charge is 2.35. The summed E-state index contributed by atoms with van der Waals surface area (Å²) in [6, 6.07) is 14.1. The number of nitrogens with zero attached hydrogens (tertiary/aromatic N) is 10. The number of pyridine rings is 2. The smallest absolute Gasteiger partial charge is 0.378 e. The molecule has 0 radical (unpaired) electrons. The third-order valence-corrected chi connectivity index (χ3v) is 11.4. The average molecular weight is 931 g/mol. The Morgan fingerprint density at radius 3 is 1.42 bits per heavy atom. The summed E-state index contributed by atoms with van der Waals surface area (Å²) < 4.78 is 88.7. The number of aromatic nitrogens is 2. The van der Waals surface area contributed by atoms with Crippen molar-refractivity contribution in [3.05, 3.63) is 116 Å². The van der Waals surface area contributed by atoms with E-state index in [4.69, 9.17) is 9.47 Å². The molecule has 4 fully saturated rings. The van der Waals surface area contributed by atoms with Crippen molar-refractivity contribution in [2.75, 3.05) is 125 Å². The molecule has 2 amide bonds. The van der Waals surface area contributed by atoms with Gasteiger partial charge in [0, 0.05) is 109 Å².